The summed E-state index contributed by atoms with van der Waals surface area (Å²) in [4.78, 5) is 0. The van der Waals surface area contributed by atoms with Gasteiger partial charge in [0, 0.05) is 10.0 Å². The van der Waals surface area contributed by atoms with Crippen molar-refractivity contribution in [2.75, 3.05) is 13.6 Å². The van der Waals surface area contributed by atoms with Crippen LogP contribution in [0.3, 0.4) is 0 Å². The molecule has 1 rings (SSSR count). The molecule has 0 spiro atoms. The highest BCUT2D eigenvalue weighted by Gasteiger charge is 2.20. The van der Waals surface area contributed by atoms with Gasteiger partial charge in [0.05, 0.1) is 0 Å². The molecule has 0 fully saturated rings. The van der Waals surface area contributed by atoms with Gasteiger partial charge in [-0.25, -0.2) is 0 Å². The predicted octanol–water partition coefficient (Wildman–Crippen LogP) is 4.17. The average molecular weight is 260 g/mol. The molecule has 0 unspecified atom stereocenters. The monoisotopic (exact) mass is 259 g/mol. The minimum absolute atomic E-state index is 0.206. The maximum Gasteiger partial charge on any atom is 0.0453 e. The zero-order valence-corrected chi connectivity index (χ0v) is 11.6. The third kappa shape index (κ3) is 3.97. The Morgan fingerprint density at radius 3 is 2.25 bits per heavy atom. The SMILES string of the molecule is CNCCC(C)(C)Cc1c(Cl)cccc1Cl. The van der Waals surface area contributed by atoms with Gasteiger partial charge in [-0.3, -0.25) is 0 Å². The lowest BCUT2D eigenvalue weighted by Gasteiger charge is -2.25. The van der Waals surface area contributed by atoms with Crippen LogP contribution in [-0.2, 0) is 6.42 Å². The highest BCUT2D eigenvalue weighted by atomic mass is 35.5. The maximum absolute atomic E-state index is 6.17. The molecule has 0 radical (unpaired) electrons. The largest absolute Gasteiger partial charge is 0.320 e. The number of halogens is 2. The Balaban J connectivity index is 2.79. The van der Waals surface area contributed by atoms with Crippen LogP contribution in [-0.4, -0.2) is 13.6 Å². The molecule has 0 saturated carbocycles. The molecular formula is C13H19Cl2N. The summed E-state index contributed by atoms with van der Waals surface area (Å²) in [5.74, 6) is 0. The van der Waals surface area contributed by atoms with Gasteiger partial charge in [0.2, 0.25) is 0 Å². The Morgan fingerprint density at radius 1 is 1.19 bits per heavy atom. The minimum atomic E-state index is 0.206. The molecule has 0 bridgehead atoms. The topological polar surface area (TPSA) is 12.0 Å². The zero-order valence-electron chi connectivity index (χ0n) is 10.1. The van der Waals surface area contributed by atoms with Crippen molar-refractivity contribution in [1.82, 2.24) is 5.32 Å². The molecule has 1 aromatic carbocycles. The molecule has 1 nitrogen and oxygen atoms in total. The molecule has 0 aliphatic heterocycles. The van der Waals surface area contributed by atoms with E-state index in [1.54, 1.807) is 0 Å². The fourth-order valence-corrected chi connectivity index (χ4v) is 2.26. The van der Waals surface area contributed by atoms with Crippen LogP contribution in [0.5, 0.6) is 0 Å². The van der Waals surface area contributed by atoms with Crippen molar-refractivity contribution in [3.05, 3.63) is 33.8 Å². The smallest absolute Gasteiger partial charge is 0.0453 e. The zero-order chi connectivity index (χ0) is 12.2. The Kier molecular flexibility index (Phi) is 5.10. The molecular weight excluding hydrogens is 241 g/mol. The Bertz CT molecular complexity index is 328. The van der Waals surface area contributed by atoms with Crippen molar-refractivity contribution < 1.29 is 0 Å². The fourth-order valence-electron chi connectivity index (χ4n) is 1.73. The van der Waals surface area contributed by atoms with Crippen LogP contribution < -0.4 is 5.32 Å². The second kappa shape index (κ2) is 5.90. The first-order valence-electron chi connectivity index (χ1n) is 5.54. The first kappa shape index (κ1) is 13.8. The number of hydrogen-bond donors (Lipinski definition) is 1. The summed E-state index contributed by atoms with van der Waals surface area (Å²) in [7, 11) is 1.97. The summed E-state index contributed by atoms with van der Waals surface area (Å²) < 4.78 is 0. The maximum atomic E-state index is 6.17. The summed E-state index contributed by atoms with van der Waals surface area (Å²) in [6.07, 6.45) is 2.01. The second-order valence-corrected chi connectivity index (χ2v) is 5.71. The van der Waals surface area contributed by atoms with Crippen LogP contribution in [0, 0.1) is 5.41 Å². The molecule has 0 saturated heterocycles. The van der Waals surface area contributed by atoms with E-state index in [2.05, 4.69) is 19.2 Å². The lowest BCUT2D eigenvalue weighted by molar-refractivity contribution is 0.330. The first-order chi connectivity index (χ1) is 7.46. The van der Waals surface area contributed by atoms with Crippen molar-refractivity contribution in [2.24, 2.45) is 5.41 Å². The molecule has 90 valence electrons. The number of nitrogens with one attached hydrogen (secondary N) is 1. The molecule has 0 aromatic heterocycles. The molecule has 3 heteroatoms. The third-order valence-corrected chi connectivity index (χ3v) is 3.48. The van der Waals surface area contributed by atoms with E-state index in [9.17, 15) is 0 Å². The number of hydrogen-bond acceptors (Lipinski definition) is 1. The van der Waals surface area contributed by atoms with E-state index in [0.717, 1.165) is 35.0 Å². The van der Waals surface area contributed by atoms with E-state index in [0.29, 0.717) is 0 Å². The molecule has 1 N–H and O–H groups in total. The number of benzene rings is 1. The van der Waals surface area contributed by atoms with Gasteiger partial charge in [0.1, 0.15) is 0 Å². The van der Waals surface area contributed by atoms with Crippen molar-refractivity contribution in [2.45, 2.75) is 26.7 Å². The lowest BCUT2D eigenvalue weighted by Crippen LogP contribution is -2.22. The molecule has 0 amide bonds. The first-order valence-corrected chi connectivity index (χ1v) is 6.29. The summed E-state index contributed by atoms with van der Waals surface area (Å²) in [6, 6.07) is 5.68. The third-order valence-electron chi connectivity index (χ3n) is 2.77. The summed E-state index contributed by atoms with van der Waals surface area (Å²) in [5.41, 5.74) is 1.27. The van der Waals surface area contributed by atoms with E-state index in [1.165, 1.54) is 0 Å². The van der Waals surface area contributed by atoms with Crippen molar-refractivity contribution in [1.29, 1.82) is 0 Å². The van der Waals surface area contributed by atoms with Crippen molar-refractivity contribution in [3.63, 3.8) is 0 Å². The Hall–Kier alpha value is -0.240. The summed E-state index contributed by atoms with van der Waals surface area (Å²) >= 11 is 12.3. The lowest BCUT2D eigenvalue weighted by atomic mass is 9.82. The van der Waals surface area contributed by atoms with E-state index in [1.807, 2.05) is 25.2 Å². The Labute approximate surface area is 108 Å². The highest BCUT2D eigenvalue weighted by molar-refractivity contribution is 6.35. The quantitative estimate of drug-likeness (QED) is 0.837. The standard InChI is InChI=1S/C13H19Cl2N/c1-13(2,7-8-16-3)9-10-11(14)5-4-6-12(10)15/h4-6,16H,7-9H2,1-3H3. The molecule has 0 heterocycles. The minimum Gasteiger partial charge on any atom is -0.320 e. The van der Waals surface area contributed by atoms with Gasteiger partial charge < -0.3 is 5.32 Å². The average Bonchev–Trinajstić information content (AvgIpc) is 2.21. The van der Waals surface area contributed by atoms with Gasteiger partial charge in [-0.15, -0.1) is 0 Å². The van der Waals surface area contributed by atoms with Crippen LogP contribution in [0.1, 0.15) is 25.8 Å². The van der Waals surface area contributed by atoms with Gasteiger partial charge >= 0.3 is 0 Å². The van der Waals surface area contributed by atoms with Crippen LogP contribution in [0.2, 0.25) is 10.0 Å². The molecule has 0 atom stereocenters. The summed E-state index contributed by atoms with van der Waals surface area (Å²) in [6.45, 7) is 5.49. The Morgan fingerprint density at radius 2 is 1.75 bits per heavy atom. The van der Waals surface area contributed by atoms with Crippen LogP contribution in [0.15, 0.2) is 18.2 Å². The van der Waals surface area contributed by atoms with Gasteiger partial charge in [0.15, 0.2) is 0 Å². The van der Waals surface area contributed by atoms with Crippen LogP contribution in [0.25, 0.3) is 0 Å². The van der Waals surface area contributed by atoms with E-state index < -0.39 is 0 Å². The predicted molar refractivity (Wildman–Crippen MR) is 72.5 cm³/mol. The summed E-state index contributed by atoms with van der Waals surface area (Å²) in [5, 5.41) is 4.71. The van der Waals surface area contributed by atoms with Crippen molar-refractivity contribution in [3.8, 4) is 0 Å². The van der Waals surface area contributed by atoms with E-state index in [4.69, 9.17) is 23.2 Å². The second-order valence-electron chi connectivity index (χ2n) is 4.89. The molecule has 1 aromatic rings. The normalized spacial score (nSPS) is 11.8. The van der Waals surface area contributed by atoms with Gasteiger partial charge in [-0.1, -0.05) is 43.1 Å². The van der Waals surface area contributed by atoms with Crippen LogP contribution >= 0.6 is 23.2 Å². The van der Waals surface area contributed by atoms with Crippen LogP contribution in [0.4, 0.5) is 0 Å². The van der Waals surface area contributed by atoms with Gasteiger partial charge in [-0.2, -0.15) is 0 Å². The molecule has 0 aliphatic rings. The van der Waals surface area contributed by atoms with Crippen molar-refractivity contribution >= 4 is 23.2 Å². The van der Waals surface area contributed by atoms with E-state index in [-0.39, 0.29) is 5.41 Å². The van der Waals surface area contributed by atoms with Gasteiger partial charge in [0.25, 0.3) is 0 Å². The fraction of sp³-hybridized carbons (Fsp3) is 0.538. The molecule has 0 aliphatic carbocycles. The van der Waals surface area contributed by atoms with E-state index >= 15 is 0 Å². The molecule has 16 heavy (non-hydrogen) atoms. The van der Waals surface area contributed by atoms with Gasteiger partial charge in [-0.05, 0) is 49.5 Å². The highest BCUT2D eigenvalue weighted by Crippen LogP contribution is 2.33. The number of rotatable bonds is 5.